The summed E-state index contributed by atoms with van der Waals surface area (Å²) in [5.41, 5.74) is 1.22. The van der Waals surface area contributed by atoms with Crippen LogP contribution in [-0.2, 0) is 6.54 Å². The molecule has 1 aromatic carbocycles. The van der Waals surface area contributed by atoms with Gasteiger partial charge in [-0.25, -0.2) is 0 Å². The Labute approximate surface area is 126 Å². The van der Waals surface area contributed by atoms with Crippen LogP contribution in [0, 0.1) is 0 Å². The van der Waals surface area contributed by atoms with Crippen LogP contribution in [0.2, 0.25) is 0 Å². The van der Waals surface area contributed by atoms with Crippen LogP contribution < -0.4 is 5.32 Å². The van der Waals surface area contributed by atoms with E-state index in [1.807, 2.05) is 30.3 Å². The highest BCUT2D eigenvalue weighted by molar-refractivity contribution is 5.52. The molecule has 1 heterocycles. The van der Waals surface area contributed by atoms with Crippen LogP contribution >= 0.6 is 0 Å². The molecule has 0 fully saturated rings. The summed E-state index contributed by atoms with van der Waals surface area (Å²) in [6, 6.07) is 9.95. The third-order valence-corrected chi connectivity index (χ3v) is 3.18. The number of hydrogen-bond acceptors (Lipinski definition) is 4. The van der Waals surface area contributed by atoms with Gasteiger partial charge in [-0.15, -0.1) is 10.2 Å². The Morgan fingerprint density at radius 1 is 1.05 bits per heavy atom. The molecule has 0 aliphatic carbocycles. The number of nitrogens with one attached hydrogen (secondary N) is 1. The van der Waals surface area contributed by atoms with E-state index in [-0.39, 0.29) is 5.54 Å². The summed E-state index contributed by atoms with van der Waals surface area (Å²) in [7, 11) is 0. The Kier molecular flexibility index (Phi) is 5.44. The molecule has 1 N–H and O–H groups in total. The number of tetrazole rings is 1. The quantitative estimate of drug-likeness (QED) is 0.796. The van der Waals surface area contributed by atoms with Crippen LogP contribution in [0.15, 0.2) is 30.3 Å². The summed E-state index contributed by atoms with van der Waals surface area (Å²) in [4.78, 5) is 1.69. The van der Waals surface area contributed by atoms with Crippen LogP contribution in [0.1, 0.15) is 40.0 Å². The SMILES string of the molecule is CC(C)(C)NCCCCCn1nnc(-c2ccccc2)n1. The third-order valence-electron chi connectivity index (χ3n) is 3.18. The standard InChI is InChI=1S/C16H25N5/c1-16(2,3)17-12-8-5-9-13-21-19-15(18-20-21)14-10-6-4-7-11-14/h4,6-7,10-11,17H,5,8-9,12-13H2,1-3H3. The van der Waals surface area contributed by atoms with E-state index in [1.54, 1.807) is 4.80 Å². The Bertz CT molecular complexity index is 527. The molecule has 2 aromatic rings. The zero-order valence-electron chi connectivity index (χ0n) is 13.2. The second kappa shape index (κ2) is 7.31. The lowest BCUT2D eigenvalue weighted by Crippen LogP contribution is -2.36. The topological polar surface area (TPSA) is 55.6 Å². The highest BCUT2D eigenvalue weighted by Crippen LogP contribution is 2.12. The molecular weight excluding hydrogens is 262 g/mol. The van der Waals surface area contributed by atoms with E-state index >= 15 is 0 Å². The molecule has 2 rings (SSSR count). The molecule has 21 heavy (non-hydrogen) atoms. The van der Waals surface area contributed by atoms with Gasteiger partial charge in [-0.3, -0.25) is 0 Å². The zero-order valence-corrected chi connectivity index (χ0v) is 13.2. The average molecular weight is 287 g/mol. The smallest absolute Gasteiger partial charge is 0.204 e. The van der Waals surface area contributed by atoms with Crippen molar-refractivity contribution in [2.24, 2.45) is 0 Å². The molecule has 0 saturated carbocycles. The van der Waals surface area contributed by atoms with Crippen molar-refractivity contribution in [1.29, 1.82) is 0 Å². The minimum Gasteiger partial charge on any atom is -0.312 e. The molecule has 0 amide bonds. The van der Waals surface area contributed by atoms with Crippen molar-refractivity contribution in [2.75, 3.05) is 6.54 Å². The van der Waals surface area contributed by atoms with Gasteiger partial charge in [0, 0.05) is 11.1 Å². The summed E-state index contributed by atoms with van der Waals surface area (Å²) in [6.07, 6.45) is 3.43. The van der Waals surface area contributed by atoms with Gasteiger partial charge in [0.25, 0.3) is 0 Å². The molecule has 1 aromatic heterocycles. The fraction of sp³-hybridized carbons (Fsp3) is 0.562. The number of benzene rings is 1. The zero-order chi connectivity index (χ0) is 15.1. The van der Waals surface area contributed by atoms with E-state index in [2.05, 4.69) is 41.5 Å². The van der Waals surface area contributed by atoms with Gasteiger partial charge >= 0.3 is 0 Å². The van der Waals surface area contributed by atoms with Crippen molar-refractivity contribution >= 4 is 0 Å². The van der Waals surface area contributed by atoms with E-state index < -0.39 is 0 Å². The fourth-order valence-corrected chi connectivity index (χ4v) is 2.06. The number of unbranched alkanes of at least 4 members (excludes halogenated alkanes) is 2. The number of aryl methyl sites for hydroxylation is 1. The molecule has 0 saturated heterocycles. The highest BCUT2D eigenvalue weighted by atomic mass is 15.6. The van der Waals surface area contributed by atoms with E-state index in [0.29, 0.717) is 5.82 Å². The minimum atomic E-state index is 0.206. The van der Waals surface area contributed by atoms with Crippen LogP contribution in [0.3, 0.4) is 0 Å². The van der Waals surface area contributed by atoms with Gasteiger partial charge in [-0.05, 0) is 45.4 Å². The second-order valence-electron chi connectivity index (χ2n) is 6.31. The summed E-state index contributed by atoms with van der Waals surface area (Å²) in [6.45, 7) is 8.46. The van der Waals surface area contributed by atoms with Crippen LogP contribution in [0.5, 0.6) is 0 Å². The fourth-order valence-electron chi connectivity index (χ4n) is 2.06. The highest BCUT2D eigenvalue weighted by Gasteiger charge is 2.07. The van der Waals surface area contributed by atoms with Crippen molar-refractivity contribution in [3.63, 3.8) is 0 Å². The van der Waals surface area contributed by atoms with Crippen LogP contribution in [0.4, 0.5) is 0 Å². The van der Waals surface area contributed by atoms with Crippen molar-refractivity contribution < 1.29 is 0 Å². The van der Waals surface area contributed by atoms with Crippen molar-refractivity contribution in [1.82, 2.24) is 25.5 Å². The summed E-state index contributed by atoms with van der Waals surface area (Å²) in [5.74, 6) is 0.699. The first-order chi connectivity index (χ1) is 10.0. The van der Waals surface area contributed by atoms with E-state index in [9.17, 15) is 0 Å². The Morgan fingerprint density at radius 2 is 1.81 bits per heavy atom. The van der Waals surface area contributed by atoms with E-state index in [0.717, 1.165) is 25.1 Å². The largest absolute Gasteiger partial charge is 0.312 e. The Morgan fingerprint density at radius 3 is 2.52 bits per heavy atom. The Balaban J connectivity index is 1.69. The van der Waals surface area contributed by atoms with Gasteiger partial charge in [-0.2, -0.15) is 4.80 Å². The maximum Gasteiger partial charge on any atom is 0.204 e. The number of rotatable bonds is 7. The van der Waals surface area contributed by atoms with Crippen LogP contribution in [0.25, 0.3) is 11.4 Å². The minimum absolute atomic E-state index is 0.206. The van der Waals surface area contributed by atoms with Crippen molar-refractivity contribution in [3.05, 3.63) is 30.3 Å². The van der Waals surface area contributed by atoms with Gasteiger partial charge < -0.3 is 5.32 Å². The number of aromatic nitrogens is 4. The molecule has 0 atom stereocenters. The first kappa shape index (κ1) is 15.6. The predicted octanol–water partition coefficient (Wildman–Crippen LogP) is 2.90. The van der Waals surface area contributed by atoms with E-state index in [4.69, 9.17) is 0 Å². The van der Waals surface area contributed by atoms with Gasteiger partial charge in [0.15, 0.2) is 0 Å². The predicted molar refractivity (Wildman–Crippen MR) is 84.9 cm³/mol. The molecule has 5 heteroatoms. The van der Waals surface area contributed by atoms with Crippen molar-refractivity contribution in [3.8, 4) is 11.4 Å². The molecule has 0 spiro atoms. The number of nitrogens with zero attached hydrogens (tertiary/aromatic N) is 4. The molecular formula is C16H25N5. The third kappa shape index (κ3) is 5.63. The van der Waals surface area contributed by atoms with Gasteiger partial charge in [0.1, 0.15) is 0 Å². The number of hydrogen-bond donors (Lipinski definition) is 1. The summed E-state index contributed by atoms with van der Waals surface area (Å²) >= 11 is 0. The summed E-state index contributed by atoms with van der Waals surface area (Å²) < 4.78 is 0. The molecule has 0 radical (unpaired) electrons. The molecule has 0 aliphatic rings. The molecule has 5 nitrogen and oxygen atoms in total. The Hall–Kier alpha value is -1.75. The lowest BCUT2D eigenvalue weighted by molar-refractivity contribution is 0.409. The monoisotopic (exact) mass is 287 g/mol. The van der Waals surface area contributed by atoms with Gasteiger partial charge in [-0.1, -0.05) is 36.8 Å². The van der Waals surface area contributed by atoms with Gasteiger partial charge in [0.2, 0.25) is 5.82 Å². The normalized spacial score (nSPS) is 11.8. The first-order valence-electron chi connectivity index (χ1n) is 7.63. The average Bonchev–Trinajstić information content (AvgIpc) is 2.91. The van der Waals surface area contributed by atoms with Gasteiger partial charge in [0.05, 0.1) is 6.54 Å². The lowest BCUT2D eigenvalue weighted by atomic mass is 10.1. The molecule has 0 unspecified atom stereocenters. The lowest BCUT2D eigenvalue weighted by Gasteiger charge is -2.20. The molecule has 114 valence electrons. The second-order valence-corrected chi connectivity index (χ2v) is 6.31. The maximum absolute atomic E-state index is 4.42. The molecule has 0 aliphatic heterocycles. The molecule has 0 bridgehead atoms. The first-order valence-corrected chi connectivity index (χ1v) is 7.63. The van der Waals surface area contributed by atoms with E-state index in [1.165, 1.54) is 12.8 Å². The van der Waals surface area contributed by atoms with Crippen molar-refractivity contribution in [2.45, 2.75) is 52.1 Å². The van der Waals surface area contributed by atoms with Crippen LogP contribution in [-0.4, -0.2) is 32.3 Å². The maximum atomic E-state index is 4.42. The summed E-state index contributed by atoms with van der Waals surface area (Å²) in [5, 5.41) is 16.1.